The van der Waals surface area contributed by atoms with Crippen LogP contribution in [0, 0.1) is 5.82 Å². The number of anilines is 1. The highest BCUT2D eigenvalue weighted by Crippen LogP contribution is 2.23. The van der Waals surface area contributed by atoms with Crippen LogP contribution in [0.5, 0.6) is 0 Å². The summed E-state index contributed by atoms with van der Waals surface area (Å²) in [6.45, 7) is 3.75. The SMILES string of the molecule is C/C(=N/NC(=O)CSc1nnc([C@@H](C)Nc2ccc(Br)cc2)n1C)c1ccc(F)cc1. The van der Waals surface area contributed by atoms with E-state index in [1.807, 2.05) is 42.8 Å². The van der Waals surface area contributed by atoms with E-state index in [4.69, 9.17) is 0 Å². The van der Waals surface area contributed by atoms with Crippen molar-refractivity contribution in [1.29, 1.82) is 0 Å². The third-order valence-electron chi connectivity index (χ3n) is 4.43. The van der Waals surface area contributed by atoms with Gasteiger partial charge >= 0.3 is 0 Å². The van der Waals surface area contributed by atoms with E-state index in [0.29, 0.717) is 10.9 Å². The molecule has 0 bridgehead atoms. The van der Waals surface area contributed by atoms with Crippen molar-refractivity contribution in [3.63, 3.8) is 0 Å². The van der Waals surface area contributed by atoms with Gasteiger partial charge in [-0.15, -0.1) is 10.2 Å². The Labute approximate surface area is 192 Å². The Bertz CT molecular complexity index is 1070. The van der Waals surface area contributed by atoms with Crippen molar-refractivity contribution in [3.8, 4) is 0 Å². The van der Waals surface area contributed by atoms with Gasteiger partial charge in [-0.1, -0.05) is 39.8 Å². The van der Waals surface area contributed by atoms with E-state index < -0.39 is 0 Å². The fourth-order valence-corrected chi connectivity index (χ4v) is 3.73. The van der Waals surface area contributed by atoms with Crippen molar-refractivity contribution in [2.45, 2.75) is 25.0 Å². The molecule has 0 aliphatic rings. The summed E-state index contributed by atoms with van der Waals surface area (Å²) >= 11 is 4.70. The van der Waals surface area contributed by atoms with Crippen LogP contribution in [0.2, 0.25) is 0 Å². The molecule has 1 amide bonds. The number of hydrogen-bond donors (Lipinski definition) is 2. The molecular weight excluding hydrogens is 483 g/mol. The lowest BCUT2D eigenvalue weighted by Crippen LogP contribution is -2.21. The number of rotatable bonds is 8. The number of benzene rings is 2. The Hall–Kier alpha value is -2.72. The Morgan fingerprint density at radius 2 is 1.87 bits per heavy atom. The van der Waals surface area contributed by atoms with E-state index in [-0.39, 0.29) is 23.5 Å². The topological polar surface area (TPSA) is 84.2 Å². The van der Waals surface area contributed by atoms with Gasteiger partial charge in [-0.2, -0.15) is 5.10 Å². The minimum atomic E-state index is -0.318. The lowest BCUT2D eigenvalue weighted by molar-refractivity contribution is -0.118. The van der Waals surface area contributed by atoms with Crippen molar-refractivity contribution in [1.82, 2.24) is 20.2 Å². The van der Waals surface area contributed by atoms with Crippen LogP contribution in [-0.2, 0) is 11.8 Å². The molecule has 3 rings (SSSR count). The first-order chi connectivity index (χ1) is 14.8. The van der Waals surface area contributed by atoms with E-state index in [1.165, 1.54) is 23.9 Å². The zero-order valence-corrected chi connectivity index (χ0v) is 19.7. The molecule has 1 heterocycles. The summed E-state index contributed by atoms with van der Waals surface area (Å²) in [6.07, 6.45) is 0. The van der Waals surface area contributed by atoms with E-state index in [2.05, 4.69) is 42.0 Å². The highest BCUT2D eigenvalue weighted by molar-refractivity contribution is 9.10. The summed E-state index contributed by atoms with van der Waals surface area (Å²) in [5.41, 5.74) is 4.81. The smallest absolute Gasteiger partial charge is 0.250 e. The number of amides is 1. The maximum absolute atomic E-state index is 13.0. The average Bonchev–Trinajstić information content (AvgIpc) is 3.13. The molecule has 0 aliphatic carbocycles. The number of aromatic nitrogens is 3. The van der Waals surface area contributed by atoms with Gasteiger partial charge in [0.25, 0.3) is 5.91 Å². The molecule has 1 atom stereocenters. The molecule has 2 N–H and O–H groups in total. The molecular formula is C21H22BrFN6OS. The fraction of sp³-hybridized carbons (Fsp3) is 0.238. The van der Waals surface area contributed by atoms with Gasteiger partial charge in [0.15, 0.2) is 11.0 Å². The Morgan fingerprint density at radius 3 is 2.55 bits per heavy atom. The van der Waals surface area contributed by atoms with Crippen LogP contribution in [0.3, 0.4) is 0 Å². The maximum Gasteiger partial charge on any atom is 0.250 e. The van der Waals surface area contributed by atoms with Crippen molar-refractivity contribution in [3.05, 3.63) is 70.2 Å². The normalized spacial score (nSPS) is 12.5. The molecule has 31 heavy (non-hydrogen) atoms. The van der Waals surface area contributed by atoms with Gasteiger partial charge in [-0.3, -0.25) is 4.79 Å². The number of hydrazone groups is 1. The van der Waals surface area contributed by atoms with Gasteiger partial charge in [0, 0.05) is 17.2 Å². The van der Waals surface area contributed by atoms with Crippen molar-refractivity contribution < 1.29 is 9.18 Å². The number of carbonyl (C=O) groups is 1. The second-order valence-electron chi connectivity index (χ2n) is 6.80. The van der Waals surface area contributed by atoms with Gasteiger partial charge in [-0.25, -0.2) is 9.82 Å². The van der Waals surface area contributed by atoms with E-state index in [0.717, 1.165) is 21.5 Å². The van der Waals surface area contributed by atoms with Gasteiger partial charge in [0.1, 0.15) is 5.82 Å². The molecule has 0 aliphatic heterocycles. The Kier molecular flexibility index (Phi) is 7.80. The predicted octanol–water partition coefficient (Wildman–Crippen LogP) is 4.52. The first-order valence-electron chi connectivity index (χ1n) is 9.46. The average molecular weight is 505 g/mol. The number of nitrogens with one attached hydrogen (secondary N) is 2. The predicted molar refractivity (Wildman–Crippen MR) is 125 cm³/mol. The highest BCUT2D eigenvalue weighted by atomic mass is 79.9. The molecule has 1 aromatic heterocycles. The zero-order chi connectivity index (χ0) is 22.4. The first kappa shape index (κ1) is 23.0. The van der Waals surface area contributed by atoms with E-state index >= 15 is 0 Å². The minimum Gasteiger partial charge on any atom is -0.375 e. The summed E-state index contributed by atoms with van der Waals surface area (Å²) < 4.78 is 15.9. The second-order valence-corrected chi connectivity index (χ2v) is 8.66. The standard InChI is InChI=1S/C21H22BrFN6OS/c1-13(15-4-8-17(23)9-5-15)25-26-19(30)12-31-21-28-27-20(29(21)3)14(2)24-18-10-6-16(22)7-11-18/h4-11,14,24H,12H2,1-3H3,(H,26,30)/b25-13-/t14-/m1/s1. The van der Waals surface area contributed by atoms with Crippen LogP contribution in [0.15, 0.2) is 63.3 Å². The number of thioether (sulfide) groups is 1. The molecule has 0 saturated heterocycles. The van der Waals surface area contributed by atoms with E-state index in [9.17, 15) is 9.18 Å². The third-order valence-corrected chi connectivity index (χ3v) is 5.97. The largest absolute Gasteiger partial charge is 0.375 e. The summed E-state index contributed by atoms with van der Waals surface area (Å²) in [4.78, 5) is 12.2. The number of nitrogens with zero attached hydrogens (tertiary/aromatic N) is 4. The van der Waals surface area contributed by atoms with E-state index in [1.54, 1.807) is 19.1 Å². The van der Waals surface area contributed by atoms with Crippen LogP contribution in [-0.4, -0.2) is 32.1 Å². The molecule has 0 saturated carbocycles. The lowest BCUT2D eigenvalue weighted by Gasteiger charge is -2.14. The van der Waals surface area contributed by atoms with Gasteiger partial charge in [0.2, 0.25) is 0 Å². The summed E-state index contributed by atoms with van der Waals surface area (Å²) in [7, 11) is 1.87. The first-order valence-corrected chi connectivity index (χ1v) is 11.2. The summed E-state index contributed by atoms with van der Waals surface area (Å²) in [5, 5.41) is 16.5. The van der Waals surface area contributed by atoms with Crippen molar-refractivity contribution in [2.24, 2.45) is 12.1 Å². The van der Waals surface area contributed by atoms with Crippen LogP contribution >= 0.6 is 27.7 Å². The molecule has 3 aromatic rings. The molecule has 7 nitrogen and oxygen atoms in total. The molecule has 162 valence electrons. The van der Waals surface area contributed by atoms with Crippen LogP contribution in [0.1, 0.15) is 31.3 Å². The van der Waals surface area contributed by atoms with Gasteiger partial charge in [-0.05, 0) is 55.8 Å². The van der Waals surface area contributed by atoms with Crippen molar-refractivity contribution in [2.75, 3.05) is 11.1 Å². The maximum atomic E-state index is 13.0. The zero-order valence-electron chi connectivity index (χ0n) is 17.3. The van der Waals surface area contributed by atoms with Crippen molar-refractivity contribution >= 4 is 45.0 Å². The monoisotopic (exact) mass is 504 g/mol. The van der Waals surface area contributed by atoms with Crippen LogP contribution in [0.4, 0.5) is 10.1 Å². The molecule has 0 spiro atoms. The molecule has 0 fully saturated rings. The molecule has 0 unspecified atom stereocenters. The number of carbonyl (C=O) groups excluding carboxylic acids is 1. The summed E-state index contributed by atoms with van der Waals surface area (Å²) in [6, 6.07) is 13.7. The van der Waals surface area contributed by atoms with Crippen LogP contribution < -0.4 is 10.7 Å². The number of hydrogen-bond acceptors (Lipinski definition) is 6. The fourth-order valence-electron chi connectivity index (χ4n) is 2.75. The Morgan fingerprint density at radius 1 is 1.19 bits per heavy atom. The second kappa shape index (κ2) is 10.5. The molecule has 10 heteroatoms. The van der Waals surface area contributed by atoms with Gasteiger partial charge in [0.05, 0.1) is 17.5 Å². The quantitative estimate of drug-likeness (QED) is 0.267. The lowest BCUT2D eigenvalue weighted by atomic mass is 10.1. The highest BCUT2D eigenvalue weighted by Gasteiger charge is 2.16. The van der Waals surface area contributed by atoms with Gasteiger partial charge < -0.3 is 9.88 Å². The third kappa shape index (κ3) is 6.38. The number of halogens is 2. The van der Waals surface area contributed by atoms with Crippen LogP contribution in [0.25, 0.3) is 0 Å². The summed E-state index contributed by atoms with van der Waals surface area (Å²) in [5.74, 6) is 0.315. The Balaban J connectivity index is 1.54. The molecule has 0 radical (unpaired) electrons. The molecule has 2 aromatic carbocycles. The minimum absolute atomic E-state index is 0.0650.